The van der Waals surface area contributed by atoms with Crippen molar-refractivity contribution in [2.24, 2.45) is 0 Å². The zero-order valence-electron chi connectivity index (χ0n) is 13.7. The average molecular weight is 326 g/mol. The highest BCUT2D eigenvalue weighted by Gasteiger charge is 2.08. The summed E-state index contributed by atoms with van der Waals surface area (Å²) in [5, 5.41) is 28.2. The predicted octanol–water partition coefficient (Wildman–Crippen LogP) is 0.985. The third-order valence-corrected chi connectivity index (χ3v) is 3.05. The summed E-state index contributed by atoms with van der Waals surface area (Å²) in [6, 6.07) is 7.48. The highest BCUT2D eigenvalue weighted by molar-refractivity contribution is 5.93. The monoisotopic (exact) mass is 326 g/mol. The minimum absolute atomic E-state index is 0.0763. The van der Waals surface area contributed by atoms with Crippen LogP contribution >= 0.6 is 0 Å². The lowest BCUT2D eigenvalue weighted by molar-refractivity contribution is -0.116. The number of benzene rings is 1. The highest BCUT2D eigenvalue weighted by atomic mass is 16.2. The van der Waals surface area contributed by atoms with Crippen molar-refractivity contribution in [2.75, 3.05) is 31.3 Å². The SMILES string of the molecule is Cc1cc(NC=C(C#N)c2nn[nH]n2)ccc1NC(=O)CN(C)C. The Morgan fingerprint density at radius 1 is 1.46 bits per heavy atom. The first-order chi connectivity index (χ1) is 11.5. The van der Waals surface area contributed by atoms with E-state index < -0.39 is 0 Å². The summed E-state index contributed by atoms with van der Waals surface area (Å²) < 4.78 is 0. The number of hydrogen-bond acceptors (Lipinski definition) is 7. The maximum absolute atomic E-state index is 11.8. The lowest BCUT2D eigenvalue weighted by Gasteiger charge is -2.13. The van der Waals surface area contributed by atoms with E-state index in [1.165, 1.54) is 6.20 Å². The number of amides is 1. The number of aromatic amines is 1. The van der Waals surface area contributed by atoms with Gasteiger partial charge < -0.3 is 15.5 Å². The molecule has 0 aliphatic heterocycles. The van der Waals surface area contributed by atoms with Gasteiger partial charge in [-0.3, -0.25) is 4.79 Å². The van der Waals surface area contributed by atoms with Gasteiger partial charge in [-0.2, -0.15) is 10.5 Å². The minimum Gasteiger partial charge on any atom is -0.360 e. The summed E-state index contributed by atoms with van der Waals surface area (Å²) in [5.74, 6) is 0.141. The summed E-state index contributed by atoms with van der Waals surface area (Å²) >= 11 is 0. The summed E-state index contributed by atoms with van der Waals surface area (Å²) in [6.45, 7) is 2.21. The highest BCUT2D eigenvalue weighted by Crippen LogP contribution is 2.20. The van der Waals surface area contributed by atoms with Gasteiger partial charge in [0.1, 0.15) is 11.6 Å². The van der Waals surface area contributed by atoms with Crippen LogP contribution in [0.3, 0.4) is 0 Å². The van der Waals surface area contributed by atoms with Crippen molar-refractivity contribution in [3.63, 3.8) is 0 Å². The van der Waals surface area contributed by atoms with E-state index in [9.17, 15) is 4.79 Å². The molecule has 0 unspecified atom stereocenters. The van der Waals surface area contributed by atoms with Crippen molar-refractivity contribution >= 4 is 22.9 Å². The molecule has 1 aromatic carbocycles. The Hall–Kier alpha value is -3.25. The van der Waals surface area contributed by atoms with E-state index in [0.717, 1.165) is 16.9 Å². The number of aromatic nitrogens is 4. The molecular weight excluding hydrogens is 308 g/mol. The first-order valence-electron chi connectivity index (χ1n) is 7.15. The van der Waals surface area contributed by atoms with Crippen molar-refractivity contribution in [3.05, 3.63) is 35.8 Å². The smallest absolute Gasteiger partial charge is 0.238 e. The minimum atomic E-state index is -0.0763. The maximum atomic E-state index is 11.8. The zero-order chi connectivity index (χ0) is 17.5. The molecule has 9 heteroatoms. The molecule has 2 rings (SSSR count). The molecule has 0 saturated heterocycles. The molecule has 24 heavy (non-hydrogen) atoms. The van der Waals surface area contributed by atoms with Gasteiger partial charge in [0.15, 0.2) is 0 Å². The molecule has 0 atom stereocenters. The molecule has 9 nitrogen and oxygen atoms in total. The summed E-state index contributed by atoms with van der Waals surface area (Å²) in [4.78, 5) is 13.6. The number of H-pyrrole nitrogens is 1. The number of carbonyl (C=O) groups is 1. The average Bonchev–Trinajstić information content (AvgIpc) is 3.04. The fraction of sp³-hybridized carbons (Fsp3) is 0.267. The van der Waals surface area contributed by atoms with Gasteiger partial charge in [-0.15, -0.1) is 10.2 Å². The van der Waals surface area contributed by atoms with Crippen LogP contribution in [0.5, 0.6) is 0 Å². The molecule has 2 aromatic rings. The van der Waals surface area contributed by atoms with Gasteiger partial charge in [0, 0.05) is 17.6 Å². The normalized spacial score (nSPS) is 11.2. The number of likely N-dealkylation sites (N-methyl/N-ethyl adjacent to an activating group) is 1. The molecule has 0 spiro atoms. The molecule has 0 aliphatic carbocycles. The van der Waals surface area contributed by atoms with Crippen LogP contribution in [0, 0.1) is 18.3 Å². The number of hydrogen-bond donors (Lipinski definition) is 3. The molecule has 124 valence electrons. The fourth-order valence-corrected chi connectivity index (χ4v) is 1.95. The number of anilines is 2. The molecule has 1 aromatic heterocycles. The summed E-state index contributed by atoms with van der Waals surface area (Å²) in [7, 11) is 3.67. The number of nitrogens with one attached hydrogen (secondary N) is 3. The quantitative estimate of drug-likeness (QED) is 0.676. The second kappa shape index (κ2) is 7.85. The van der Waals surface area contributed by atoms with Crippen molar-refractivity contribution in [2.45, 2.75) is 6.92 Å². The summed E-state index contributed by atoms with van der Waals surface area (Å²) in [6.07, 6.45) is 1.50. The lowest BCUT2D eigenvalue weighted by atomic mass is 10.1. The molecule has 1 heterocycles. The van der Waals surface area contributed by atoms with Gasteiger partial charge in [0.2, 0.25) is 11.7 Å². The van der Waals surface area contributed by atoms with E-state index >= 15 is 0 Å². The van der Waals surface area contributed by atoms with Crippen LogP contribution in [0.4, 0.5) is 11.4 Å². The number of carbonyl (C=O) groups excluding carboxylic acids is 1. The number of aryl methyl sites for hydroxylation is 1. The van der Waals surface area contributed by atoms with Crippen LogP contribution in [-0.4, -0.2) is 52.1 Å². The van der Waals surface area contributed by atoms with Gasteiger partial charge in [0.25, 0.3) is 0 Å². The zero-order valence-corrected chi connectivity index (χ0v) is 13.7. The van der Waals surface area contributed by atoms with Crippen LogP contribution in [0.25, 0.3) is 5.57 Å². The fourth-order valence-electron chi connectivity index (χ4n) is 1.95. The molecule has 0 radical (unpaired) electrons. The van der Waals surface area contributed by atoms with Crippen molar-refractivity contribution < 1.29 is 4.79 Å². The lowest BCUT2D eigenvalue weighted by Crippen LogP contribution is -2.27. The van der Waals surface area contributed by atoms with Crippen molar-refractivity contribution in [1.29, 1.82) is 5.26 Å². The van der Waals surface area contributed by atoms with Gasteiger partial charge >= 0.3 is 0 Å². The summed E-state index contributed by atoms with van der Waals surface area (Å²) in [5.41, 5.74) is 2.67. The van der Waals surface area contributed by atoms with Gasteiger partial charge in [-0.05, 0) is 50.0 Å². The number of rotatable bonds is 6. The molecule has 0 aliphatic rings. The number of tetrazole rings is 1. The van der Waals surface area contributed by atoms with E-state index in [-0.39, 0.29) is 17.3 Å². The van der Waals surface area contributed by atoms with E-state index in [1.54, 1.807) is 17.0 Å². The molecule has 0 saturated carbocycles. The first kappa shape index (κ1) is 17.1. The van der Waals surface area contributed by atoms with E-state index in [4.69, 9.17) is 5.26 Å². The van der Waals surface area contributed by atoms with Crippen LogP contribution in [0.2, 0.25) is 0 Å². The third kappa shape index (κ3) is 4.62. The molecule has 0 fully saturated rings. The molecule has 1 amide bonds. The van der Waals surface area contributed by atoms with Crippen LogP contribution in [0.15, 0.2) is 24.4 Å². The van der Waals surface area contributed by atoms with Crippen molar-refractivity contribution in [1.82, 2.24) is 25.5 Å². The Balaban J connectivity index is 2.07. The second-order valence-electron chi connectivity index (χ2n) is 5.37. The number of nitrogens with zero attached hydrogens (tertiary/aromatic N) is 5. The largest absolute Gasteiger partial charge is 0.360 e. The number of allylic oxidation sites excluding steroid dienone is 1. The van der Waals surface area contributed by atoms with Crippen LogP contribution < -0.4 is 10.6 Å². The topological polar surface area (TPSA) is 123 Å². The van der Waals surface area contributed by atoms with Gasteiger partial charge in [-0.1, -0.05) is 0 Å². The Bertz CT molecular complexity index is 773. The third-order valence-electron chi connectivity index (χ3n) is 3.05. The molecule has 3 N–H and O–H groups in total. The predicted molar refractivity (Wildman–Crippen MR) is 89.8 cm³/mol. The Labute approximate surface area is 139 Å². The second-order valence-corrected chi connectivity index (χ2v) is 5.37. The standard InChI is InChI=1S/C15H18N8O/c1-10-6-12(4-5-13(10)18-14(24)9-23(2)3)17-8-11(7-16)15-19-21-22-20-15/h4-6,8,17H,9H2,1-3H3,(H,18,24)(H,19,20,21,22). The number of nitriles is 1. The molecular formula is C15H18N8O. The first-order valence-corrected chi connectivity index (χ1v) is 7.15. The van der Waals surface area contributed by atoms with Crippen LogP contribution in [-0.2, 0) is 4.79 Å². The maximum Gasteiger partial charge on any atom is 0.238 e. The molecule has 0 bridgehead atoms. The van der Waals surface area contributed by atoms with E-state index in [2.05, 4.69) is 31.3 Å². The van der Waals surface area contributed by atoms with E-state index in [0.29, 0.717) is 6.54 Å². The van der Waals surface area contributed by atoms with E-state index in [1.807, 2.05) is 33.2 Å². The van der Waals surface area contributed by atoms with Gasteiger partial charge in [0.05, 0.1) is 6.54 Å². The van der Waals surface area contributed by atoms with Crippen LogP contribution in [0.1, 0.15) is 11.4 Å². The van der Waals surface area contributed by atoms with Crippen molar-refractivity contribution in [3.8, 4) is 6.07 Å². The Morgan fingerprint density at radius 3 is 2.83 bits per heavy atom. The Morgan fingerprint density at radius 2 is 2.25 bits per heavy atom. The Kier molecular flexibility index (Phi) is 5.59. The van der Waals surface area contributed by atoms with Gasteiger partial charge in [-0.25, -0.2) is 0 Å².